The standard InChI is InChI=1S/C17H17BrFNO2S/c1-12-2-5-14(6-3-12)23-9-8-20-17(21)11-22-16-7-4-13(19)10-15(16)18/h2-7,10H,8-9,11H2,1H3,(H,20,21). The lowest BCUT2D eigenvalue weighted by atomic mass is 10.2. The largest absolute Gasteiger partial charge is 0.483 e. The van der Waals surface area contributed by atoms with Crippen molar-refractivity contribution in [2.75, 3.05) is 18.9 Å². The Kier molecular flexibility index (Phi) is 6.92. The number of nitrogens with one attached hydrogen (secondary N) is 1. The Morgan fingerprint density at radius 2 is 2.00 bits per heavy atom. The molecule has 0 spiro atoms. The van der Waals surface area contributed by atoms with Crippen molar-refractivity contribution in [3.05, 3.63) is 58.3 Å². The highest BCUT2D eigenvalue weighted by Gasteiger charge is 2.06. The van der Waals surface area contributed by atoms with Gasteiger partial charge in [-0.3, -0.25) is 4.79 Å². The molecule has 6 heteroatoms. The summed E-state index contributed by atoms with van der Waals surface area (Å²) in [6, 6.07) is 12.3. The summed E-state index contributed by atoms with van der Waals surface area (Å²) in [5, 5.41) is 2.79. The first kappa shape index (κ1) is 17.8. The van der Waals surface area contributed by atoms with E-state index in [0.29, 0.717) is 16.8 Å². The lowest BCUT2D eigenvalue weighted by Crippen LogP contribution is -2.30. The van der Waals surface area contributed by atoms with Crippen molar-refractivity contribution >= 4 is 33.6 Å². The molecule has 2 aromatic carbocycles. The molecule has 0 aromatic heterocycles. The van der Waals surface area contributed by atoms with Gasteiger partial charge in [0.25, 0.3) is 5.91 Å². The number of amides is 1. The van der Waals surface area contributed by atoms with Crippen LogP contribution in [0.1, 0.15) is 5.56 Å². The van der Waals surface area contributed by atoms with Crippen molar-refractivity contribution in [1.82, 2.24) is 5.32 Å². The fourth-order valence-electron chi connectivity index (χ4n) is 1.78. The van der Waals surface area contributed by atoms with E-state index in [1.807, 2.05) is 6.92 Å². The number of rotatable bonds is 7. The smallest absolute Gasteiger partial charge is 0.257 e. The van der Waals surface area contributed by atoms with Gasteiger partial charge in [0.05, 0.1) is 4.47 Å². The zero-order valence-electron chi connectivity index (χ0n) is 12.6. The summed E-state index contributed by atoms with van der Waals surface area (Å²) in [5.74, 6) is 0.665. The van der Waals surface area contributed by atoms with Crippen LogP contribution in [0.15, 0.2) is 51.8 Å². The average Bonchev–Trinajstić information content (AvgIpc) is 2.52. The second kappa shape index (κ2) is 8.93. The highest BCUT2D eigenvalue weighted by atomic mass is 79.9. The Bertz CT molecular complexity index is 664. The normalized spacial score (nSPS) is 10.4. The van der Waals surface area contributed by atoms with Crippen LogP contribution in [0, 0.1) is 12.7 Å². The van der Waals surface area contributed by atoms with E-state index in [-0.39, 0.29) is 18.3 Å². The van der Waals surface area contributed by atoms with Gasteiger partial charge in [0.15, 0.2) is 6.61 Å². The van der Waals surface area contributed by atoms with Crippen LogP contribution >= 0.6 is 27.7 Å². The van der Waals surface area contributed by atoms with E-state index >= 15 is 0 Å². The number of hydrogen-bond donors (Lipinski definition) is 1. The van der Waals surface area contributed by atoms with Crippen LogP contribution in [-0.4, -0.2) is 24.8 Å². The predicted octanol–water partition coefficient (Wildman–Crippen LogP) is 4.18. The molecule has 0 aliphatic heterocycles. The minimum Gasteiger partial charge on any atom is -0.483 e. The molecule has 0 saturated carbocycles. The first-order valence-corrected chi connectivity index (χ1v) is 8.86. The van der Waals surface area contributed by atoms with Gasteiger partial charge in [-0.2, -0.15) is 0 Å². The summed E-state index contributed by atoms with van der Waals surface area (Å²) in [5.41, 5.74) is 1.23. The number of benzene rings is 2. The summed E-state index contributed by atoms with van der Waals surface area (Å²) in [6.07, 6.45) is 0. The second-order valence-electron chi connectivity index (χ2n) is 4.87. The van der Waals surface area contributed by atoms with E-state index in [9.17, 15) is 9.18 Å². The number of thioether (sulfide) groups is 1. The lowest BCUT2D eigenvalue weighted by molar-refractivity contribution is -0.122. The first-order chi connectivity index (χ1) is 11.0. The molecular weight excluding hydrogens is 381 g/mol. The van der Waals surface area contributed by atoms with Crippen LogP contribution in [-0.2, 0) is 4.79 Å². The van der Waals surface area contributed by atoms with Crippen molar-refractivity contribution in [2.45, 2.75) is 11.8 Å². The van der Waals surface area contributed by atoms with Gasteiger partial charge in [-0.05, 0) is 53.2 Å². The van der Waals surface area contributed by atoms with Gasteiger partial charge >= 0.3 is 0 Å². The van der Waals surface area contributed by atoms with Crippen LogP contribution in [0.4, 0.5) is 4.39 Å². The Labute approximate surface area is 147 Å². The summed E-state index contributed by atoms with van der Waals surface area (Å²) in [4.78, 5) is 12.9. The molecule has 1 amide bonds. The predicted molar refractivity (Wildman–Crippen MR) is 94.5 cm³/mol. The summed E-state index contributed by atoms with van der Waals surface area (Å²) < 4.78 is 18.8. The van der Waals surface area contributed by atoms with Gasteiger partial charge in [-0.25, -0.2) is 4.39 Å². The van der Waals surface area contributed by atoms with Gasteiger partial charge < -0.3 is 10.1 Å². The number of hydrogen-bond acceptors (Lipinski definition) is 3. The SMILES string of the molecule is Cc1ccc(SCCNC(=O)COc2ccc(F)cc2Br)cc1. The van der Waals surface area contributed by atoms with Gasteiger partial charge in [0, 0.05) is 17.2 Å². The van der Waals surface area contributed by atoms with E-state index in [2.05, 4.69) is 45.5 Å². The molecule has 1 N–H and O–H groups in total. The lowest BCUT2D eigenvalue weighted by Gasteiger charge is -2.09. The van der Waals surface area contributed by atoms with Crippen LogP contribution < -0.4 is 10.1 Å². The summed E-state index contributed by atoms with van der Waals surface area (Å²) >= 11 is 4.88. The molecule has 0 unspecified atom stereocenters. The second-order valence-corrected chi connectivity index (χ2v) is 6.90. The zero-order chi connectivity index (χ0) is 16.7. The van der Waals surface area contributed by atoms with Crippen LogP contribution in [0.2, 0.25) is 0 Å². The molecule has 2 aromatic rings. The van der Waals surface area contributed by atoms with E-state index in [0.717, 1.165) is 5.75 Å². The average molecular weight is 398 g/mol. The maximum atomic E-state index is 12.9. The highest BCUT2D eigenvalue weighted by molar-refractivity contribution is 9.10. The minimum atomic E-state index is -0.359. The minimum absolute atomic E-state index is 0.0978. The Morgan fingerprint density at radius 3 is 2.70 bits per heavy atom. The molecule has 2 rings (SSSR count). The number of carbonyl (C=O) groups is 1. The van der Waals surface area contributed by atoms with Gasteiger partial charge in [-0.15, -0.1) is 11.8 Å². The van der Waals surface area contributed by atoms with E-state index in [1.54, 1.807) is 11.8 Å². The Morgan fingerprint density at radius 1 is 1.26 bits per heavy atom. The third kappa shape index (κ3) is 6.23. The highest BCUT2D eigenvalue weighted by Crippen LogP contribution is 2.25. The molecule has 0 saturated heterocycles. The van der Waals surface area contributed by atoms with Crippen molar-refractivity contribution in [2.24, 2.45) is 0 Å². The maximum absolute atomic E-state index is 12.9. The maximum Gasteiger partial charge on any atom is 0.257 e. The third-order valence-corrected chi connectivity index (χ3v) is 4.60. The van der Waals surface area contributed by atoms with Crippen LogP contribution in [0.5, 0.6) is 5.75 Å². The van der Waals surface area contributed by atoms with Gasteiger partial charge in [-0.1, -0.05) is 17.7 Å². The Hall–Kier alpha value is -1.53. The molecule has 23 heavy (non-hydrogen) atoms. The molecule has 0 radical (unpaired) electrons. The Balaban J connectivity index is 1.66. The third-order valence-electron chi connectivity index (χ3n) is 2.97. The topological polar surface area (TPSA) is 38.3 Å². The van der Waals surface area contributed by atoms with Gasteiger partial charge in [0.1, 0.15) is 11.6 Å². The quantitative estimate of drug-likeness (QED) is 0.562. The molecule has 0 heterocycles. The zero-order valence-corrected chi connectivity index (χ0v) is 15.0. The molecular formula is C17H17BrFNO2S. The van der Waals surface area contributed by atoms with Crippen molar-refractivity contribution < 1.29 is 13.9 Å². The molecule has 122 valence electrons. The first-order valence-electron chi connectivity index (χ1n) is 7.08. The number of halogens is 2. The van der Waals surface area contributed by atoms with E-state index < -0.39 is 0 Å². The van der Waals surface area contributed by atoms with E-state index in [4.69, 9.17) is 4.74 Å². The molecule has 0 fully saturated rings. The molecule has 0 atom stereocenters. The number of carbonyl (C=O) groups excluding carboxylic acids is 1. The number of ether oxygens (including phenoxy) is 1. The van der Waals surface area contributed by atoms with Crippen molar-refractivity contribution in [3.8, 4) is 5.75 Å². The monoisotopic (exact) mass is 397 g/mol. The van der Waals surface area contributed by atoms with E-state index in [1.165, 1.54) is 28.7 Å². The van der Waals surface area contributed by atoms with Crippen LogP contribution in [0.25, 0.3) is 0 Å². The van der Waals surface area contributed by atoms with Crippen LogP contribution in [0.3, 0.4) is 0 Å². The fraction of sp³-hybridized carbons (Fsp3) is 0.235. The van der Waals surface area contributed by atoms with Crippen molar-refractivity contribution in [1.29, 1.82) is 0 Å². The molecule has 0 bridgehead atoms. The fourth-order valence-corrected chi connectivity index (χ4v) is 3.01. The van der Waals surface area contributed by atoms with Crippen molar-refractivity contribution in [3.63, 3.8) is 0 Å². The summed E-state index contributed by atoms with van der Waals surface area (Å²) in [6.45, 7) is 2.51. The molecule has 0 aliphatic rings. The van der Waals surface area contributed by atoms with Gasteiger partial charge in [0.2, 0.25) is 0 Å². The molecule has 3 nitrogen and oxygen atoms in total. The molecule has 0 aliphatic carbocycles. The number of aryl methyl sites for hydroxylation is 1. The summed E-state index contributed by atoms with van der Waals surface area (Å²) in [7, 11) is 0.